The van der Waals surface area contributed by atoms with Crippen molar-refractivity contribution >= 4 is 21.8 Å². The van der Waals surface area contributed by atoms with Gasteiger partial charge in [0.25, 0.3) is 5.91 Å². The van der Waals surface area contributed by atoms with E-state index in [1.807, 2.05) is 4.90 Å². The van der Waals surface area contributed by atoms with Crippen molar-refractivity contribution in [1.29, 1.82) is 0 Å². The van der Waals surface area contributed by atoms with Gasteiger partial charge in [-0.2, -0.15) is 4.31 Å². The van der Waals surface area contributed by atoms with Gasteiger partial charge < -0.3 is 9.80 Å². The number of hydrogen-bond donors (Lipinski definition) is 0. The summed E-state index contributed by atoms with van der Waals surface area (Å²) in [4.78, 5) is 29.8. The van der Waals surface area contributed by atoms with Crippen LogP contribution in [0.25, 0.3) is 0 Å². The molecular weight excluding hydrogens is 414 g/mol. The second-order valence-electron chi connectivity index (χ2n) is 9.23. The minimum atomic E-state index is -3.47. The quantitative estimate of drug-likeness (QED) is 0.711. The van der Waals surface area contributed by atoms with Gasteiger partial charge in [0.15, 0.2) is 0 Å². The molecule has 0 saturated carbocycles. The van der Waals surface area contributed by atoms with E-state index in [1.165, 1.54) is 22.9 Å². The average Bonchev–Trinajstić information content (AvgIpc) is 3.34. The summed E-state index contributed by atoms with van der Waals surface area (Å²) in [5, 5.41) is 0. The van der Waals surface area contributed by atoms with Gasteiger partial charge in [0, 0.05) is 50.7 Å². The molecule has 0 aliphatic carbocycles. The second-order valence-corrected chi connectivity index (χ2v) is 11.2. The van der Waals surface area contributed by atoms with E-state index in [9.17, 15) is 18.0 Å². The number of piperidine rings is 2. The van der Waals surface area contributed by atoms with Crippen LogP contribution in [-0.4, -0.2) is 73.6 Å². The summed E-state index contributed by atoms with van der Waals surface area (Å²) in [5.74, 6) is 0.719. The number of sulfonamides is 1. The van der Waals surface area contributed by atoms with Crippen LogP contribution in [0.2, 0.25) is 0 Å². The maximum atomic E-state index is 12.9. The molecule has 31 heavy (non-hydrogen) atoms. The van der Waals surface area contributed by atoms with Crippen molar-refractivity contribution in [3.05, 3.63) is 29.8 Å². The van der Waals surface area contributed by atoms with E-state index in [0.717, 1.165) is 32.4 Å². The summed E-state index contributed by atoms with van der Waals surface area (Å²) in [6.07, 6.45) is 5.44. The molecule has 3 heterocycles. The predicted octanol–water partition coefficient (Wildman–Crippen LogP) is 2.58. The standard InChI is InChI=1S/C23H33N3O4S/c1-18-5-4-12-25(17-18)23(28)20-10-15-24(16-11-20)22(27)19-6-8-21(9-7-19)31(29,30)26-13-2-3-14-26/h6-9,18,20H,2-5,10-17H2,1H3. The fraction of sp³-hybridized carbons (Fsp3) is 0.652. The van der Waals surface area contributed by atoms with Crippen molar-refractivity contribution in [3.63, 3.8) is 0 Å². The van der Waals surface area contributed by atoms with E-state index in [1.54, 1.807) is 17.0 Å². The maximum absolute atomic E-state index is 12.9. The third-order valence-electron chi connectivity index (χ3n) is 6.90. The number of carbonyl (C=O) groups excluding carboxylic acids is 2. The molecule has 3 aliphatic heterocycles. The van der Waals surface area contributed by atoms with Gasteiger partial charge >= 0.3 is 0 Å². The third kappa shape index (κ3) is 4.80. The highest BCUT2D eigenvalue weighted by Gasteiger charge is 2.32. The lowest BCUT2D eigenvalue weighted by molar-refractivity contribution is -0.138. The summed E-state index contributed by atoms with van der Waals surface area (Å²) < 4.78 is 26.8. The molecule has 3 fully saturated rings. The normalized spacial score (nSPS) is 23.8. The Labute approximate surface area is 185 Å². The highest BCUT2D eigenvalue weighted by atomic mass is 32.2. The number of amides is 2. The molecule has 1 aromatic carbocycles. The maximum Gasteiger partial charge on any atom is 0.253 e. The topological polar surface area (TPSA) is 78.0 Å². The average molecular weight is 448 g/mol. The zero-order valence-corrected chi connectivity index (χ0v) is 19.1. The van der Waals surface area contributed by atoms with Gasteiger partial charge in [0.05, 0.1) is 4.90 Å². The Bertz CT molecular complexity index is 901. The predicted molar refractivity (Wildman–Crippen MR) is 118 cm³/mol. The zero-order valence-electron chi connectivity index (χ0n) is 18.3. The van der Waals surface area contributed by atoms with E-state index in [4.69, 9.17) is 0 Å². The third-order valence-corrected chi connectivity index (χ3v) is 8.82. The molecule has 0 N–H and O–H groups in total. The Kier molecular flexibility index (Phi) is 6.67. The number of likely N-dealkylation sites (tertiary alicyclic amines) is 2. The summed E-state index contributed by atoms with van der Waals surface area (Å²) in [6, 6.07) is 6.29. The minimum absolute atomic E-state index is 0.00216. The van der Waals surface area contributed by atoms with Gasteiger partial charge in [-0.05, 0) is 68.7 Å². The van der Waals surface area contributed by atoms with E-state index in [2.05, 4.69) is 6.92 Å². The molecular formula is C23H33N3O4S. The Morgan fingerprint density at radius 3 is 2.10 bits per heavy atom. The molecule has 0 spiro atoms. The van der Waals surface area contributed by atoms with Crippen LogP contribution in [0, 0.1) is 11.8 Å². The summed E-state index contributed by atoms with van der Waals surface area (Å²) >= 11 is 0. The van der Waals surface area contributed by atoms with Crippen molar-refractivity contribution in [2.24, 2.45) is 11.8 Å². The second kappa shape index (κ2) is 9.28. The largest absolute Gasteiger partial charge is 0.342 e. The number of hydrogen-bond acceptors (Lipinski definition) is 4. The van der Waals surface area contributed by atoms with Crippen LogP contribution in [0.3, 0.4) is 0 Å². The van der Waals surface area contributed by atoms with Crippen LogP contribution in [0.1, 0.15) is 55.8 Å². The Morgan fingerprint density at radius 2 is 1.48 bits per heavy atom. The van der Waals surface area contributed by atoms with Gasteiger partial charge in [-0.3, -0.25) is 9.59 Å². The van der Waals surface area contributed by atoms with Crippen LogP contribution in [0.5, 0.6) is 0 Å². The van der Waals surface area contributed by atoms with E-state index < -0.39 is 10.0 Å². The van der Waals surface area contributed by atoms with Crippen molar-refractivity contribution in [1.82, 2.24) is 14.1 Å². The fourth-order valence-corrected chi connectivity index (χ4v) is 6.52. The summed E-state index contributed by atoms with van der Waals surface area (Å²) in [7, 11) is -3.47. The van der Waals surface area contributed by atoms with Crippen LogP contribution in [-0.2, 0) is 14.8 Å². The zero-order chi connectivity index (χ0) is 22.0. The van der Waals surface area contributed by atoms with Gasteiger partial charge in [0.1, 0.15) is 0 Å². The minimum Gasteiger partial charge on any atom is -0.342 e. The van der Waals surface area contributed by atoms with Crippen molar-refractivity contribution in [2.75, 3.05) is 39.3 Å². The number of benzene rings is 1. The van der Waals surface area contributed by atoms with Crippen molar-refractivity contribution in [2.45, 2.75) is 50.3 Å². The first-order valence-corrected chi connectivity index (χ1v) is 13.0. The molecule has 3 saturated heterocycles. The summed E-state index contributed by atoms with van der Waals surface area (Å²) in [6.45, 7) is 6.15. The highest BCUT2D eigenvalue weighted by Crippen LogP contribution is 2.25. The van der Waals surface area contributed by atoms with Crippen LogP contribution < -0.4 is 0 Å². The van der Waals surface area contributed by atoms with E-state index >= 15 is 0 Å². The smallest absolute Gasteiger partial charge is 0.253 e. The molecule has 2 amide bonds. The number of carbonyl (C=O) groups is 2. The molecule has 170 valence electrons. The first kappa shape index (κ1) is 22.3. The highest BCUT2D eigenvalue weighted by molar-refractivity contribution is 7.89. The first-order valence-electron chi connectivity index (χ1n) is 11.5. The van der Waals surface area contributed by atoms with Gasteiger partial charge in [-0.1, -0.05) is 6.92 Å². The SMILES string of the molecule is CC1CCCN(C(=O)C2CCN(C(=O)c3ccc(S(=O)(=O)N4CCCC4)cc3)CC2)C1. The lowest BCUT2D eigenvalue weighted by Crippen LogP contribution is -2.47. The molecule has 3 aliphatic rings. The number of nitrogens with zero attached hydrogens (tertiary/aromatic N) is 3. The Hall–Kier alpha value is -1.93. The lowest BCUT2D eigenvalue weighted by atomic mass is 9.92. The monoisotopic (exact) mass is 447 g/mol. The Balaban J connectivity index is 1.34. The van der Waals surface area contributed by atoms with E-state index in [0.29, 0.717) is 50.5 Å². The van der Waals surface area contributed by atoms with E-state index in [-0.39, 0.29) is 22.6 Å². The van der Waals surface area contributed by atoms with Gasteiger partial charge in [-0.25, -0.2) is 8.42 Å². The number of rotatable bonds is 4. The van der Waals surface area contributed by atoms with Crippen LogP contribution in [0.4, 0.5) is 0 Å². The molecule has 0 radical (unpaired) electrons. The molecule has 1 unspecified atom stereocenters. The molecule has 0 aromatic heterocycles. The molecule has 1 atom stereocenters. The first-order chi connectivity index (χ1) is 14.9. The molecule has 8 heteroatoms. The van der Waals surface area contributed by atoms with Gasteiger partial charge in [-0.15, -0.1) is 0 Å². The fourth-order valence-electron chi connectivity index (χ4n) is 5.01. The molecule has 4 rings (SSSR count). The molecule has 0 bridgehead atoms. The van der Waals surface area contributed by atoms with Crippen molar-refractivity contribution in [3.8, 4) is 0 Å². The lowest BCUT2D eigenvalue weighted by Gasteiger charge is -2.37. The molecule has 1 aromatic rings. The summed E-state index contributed by atoms with van der Waals surface area (Å²) in [5.41, 5.74) is 0.495. The van der Waals surface area contributed by atoms with Crippen LogP contribution >= 0.6 is 0 Å². The Morgan fingerprint density at radius 1 is 0.839 bits per heavy atom. The van der Waals surface area contributed by atoms with Gasteiger partial charge in [0.2, 0.25) is 15.9 Å². The molecule has 7 nitrogen and oxygen atoms in total. The van der Waals surface area contributed by atoms with Crippen LogP contribution in [0.15, 0.2) is 29.2 Å². The van der Waals surface area contributed by atoms with Crippen molar-refractivity contribution < 1.29 is 18.0 Å².